The predicted octanol–water partition coefficient (Wildman–Crippen LogP) is 4.00. The van der Waals surface area contributed by atoms with Crippen molar-refractivity contribution in [3.8, 4) is 0 Å². The number of halogens is 1. The number of nitrogens with zero attached hydrogens (tertiary/aromatic N) is 1. The molecule has 0 amide bonds. The van der Waals surface area contributed by atoms with E-state index in [0.717, 1.165) is 42.9 Å². The zero-order chi connectivity index (χ0) is 14.5. The van der Waals surface area contributed by atoms with E-state index in [-0.39, 0.29) is 5.41 Å². The second-order valence-corrected chi connectivity index (χ2v) is 6.39. The van der Waals surface area contributed by atoms with Gasteiger partial charge in [0.1, 0.15) is 5.82 Å². The number of aromatic nitrogens is 1. The molecule has 0 aliphatic carbocycles. The number of ether oxygens (including phenoxy) is 1. The molecule has 3 nitrogen and oxygen atoms in total. The molecule has 0 radical (unpaired) electrons. The van der Waals surface area contributed by atoms with E-state index < -0.39 is 0 Å². The fraction of sp³-hybridized carbons (Fsp3) is 0.353. The van der Waals surface area contributed by atoms with Gasteiger partial charge in [-0.05, 0) is 42.7 Å². The quantitative estimate of drug-likeness (QED) is 0.908. The SMILES string of the molecule is Brc1cccc(C2(CNc3ccccn3)CCOCC2)c1. The van der Waals surface area contributed by atoms with Crippen molar-refractivity contribution in [3.05, 3.63) is 58.7 Å². The molecule has 1 N–H and O–H groups in total. The van der Waals surface area contributed by atoms with E-state index in [1.54, 1.807) is 0 Å². The van der Waals surface area contributed by atoms with Crippen LogP contribution in [-0.2, 0) is 10.2 Å². The van der Waals surface area contributed by atoms with Crippen molar-refractivity contribution in [2.75, 3.05) is 25.1 Å². The lowest BCUT2D eigenvalue weighted by Crippen LogP contribution is -2.40. The van der Waals surface area contributed by atoms with Gasteiger partial charge in [-0.2, -0.15) is 0 Å². The molecular weight excluding hydrogens is 328 g/mol. The Kier molecular flexibility index (Phi) is 4.56. The van der Waals surface area contributed by atoms with E-state index in [4.69, 9.17) is 4.74 Å². The maximum Gasteiger partial charge on any atom is 0.125 e. The number of nitrogens with one attached hydrogen (secondary N) is 1. The first-order valence-corrected chi connectivity index (χ1v) is 8.07. The van der Waals surface area contributed by atoms with Gasteiger partial charge in [-0.3, -0.25) is 0 Å². The van der Waals surface area contributed by atoms with Crippen LogP contribution in [0.5, 0.6) is 0 Å². The van der Waals surface area contributed by atoms with Crippen molar-refractivity contribution in [2.45, 2.75) is 18.3 Å². The van der Waals surface area contributed by atoms with Crippen LogP contribution in [0.4, 0.5) is 5.82 Å². The van der Waals surface area contributed by atoms with E-state index in [2.05, 4.69) is 50.5 Å². The summed E-state index contributed by atoms with van der Waals surface area (Å²) in [6, 6.07) is 14.6. The Hall–Kier alpha value is -1.39. The second kappa shape index (κ2) is 6.58. The third-order valence-corrected chi connectivity index (χ3v) is 4.65. The maximum atomic E-state index is 5.57. The number of anilines is 1. The van der Waals surface area contributed by atoms with Crippen LogP contribution >= 0.6 is 15.9 Å². The number of rotatable bonds is 4. The molecule has 2 heterocycles. The van der Waals surface area contributed by atoms with Crippen LogP contribution < -0.4 is 5.32 Å². The average molecular weight is 347 g/mol. The highest BCUT2D eigenvalue weighted by Crippen LogP contribution is 2.36. The monoisotopic (exact) mass is 346 g/mol. The number of benzene rings is 1. The van der Waals surface area contributed by atoms with E-state index >= 15 is 0 Å². The summed E-state index contributed by atoms with van der Waals surface area (Å²) in [6.07, 6.45) is 3.88. The maximum absolute atomic E-state index is 5.57. The molecule has 3 rings (SSSR count). The first kappa shape index (κ1) is 14.5. The Labute approximate surface area is 133 Å². The van der Waals surface area contributed by atoms with Crippen LogP contribution in [0.1, 0.15) is 18.4 Å². The molecule has 0 saturated carbocycles. The summed E-state index contributed by atoms with van der Waals surface area (Å²) in [5, 5.41) is 3.49. The highest BCUT2D eigenvalue weighted by atomic mass is 79.9. The minimum absolute atomic E-state index is 0.111. The molecule has 0 unspecified atom stereocenters. The minimum atomic E-state index is 0.111. The molecule has 21 heavy (non-hydrogen) atoms. The third-order valence-electron chi connectivity index (χ3n) is 4.16. The Morgan fingerprint density at radius 2 is 2.00 bits per heavy atom. The lowest BCUT2D eigenvalue weighted by molar-refractivity contribution is 0.0543. The summed E-state index contributed by atoms with van der Waals surface area (Å²) in [5.74, 6) is 0.929. The van der Waals surface area contributed by atoms with E-state index in [0.29, 0.717) is 0 Å². The summed E-state index contributed by atoms with van der Waals surface area (Å²) in [6.45, 7) is 2.51. The van der Waals surface area contributed by atoms with Gasteiger partial charge in [-0.25, -0.2) is 4.98 Å². The van der Waals surface area contributed by atoms with E-state index in [9.17, 15) is 0 Å². The lowest BCUT2D eigenvalue weighted by atomic mass is 9.74. The highest BCUT2D eigenvalue weighted by molar-refractivity contribution is 9.10. The van der Waals surface area contributed by atoms with Crippen molar-refractivity contribution < 1.29 is 4.74 Å². The van der Waals surface area contributed by atoms with Crippen LogP contribution in [0.25, 0.3) is 0 Å². The molecule has 4 heteroatoms. The summed E-state index contributed by atoms with van der Waals surface area (Å²) >= 11 is 3.58. The zero-order valence-electron chi connectivity index (χ0n) is 11.9. The van der Waals surface area contributed by atoms with Gasteiger partial charge in [0.2, 0.25) is 0 Å². The zero-order valence-corrected chi connectivity index (χ0v) is 13.5. The van der Waals surface area contributed by atoms with E-state index in [1.165, 1.54) is 5.56 Å². The molecule has 110 valence electrons. The topological polar surface area (TPSA) is 34.2 Å². The average Bonchev–Trinajstić information content (AvgIpc) is 2.55. The highest BCUT2D eigenvalue weighted by Gasteiger charge is 2.34. The Morgan fingerprint density at radius 1 is 1.14 bits per heavy atom. The molecule has 1 aromatic heterocycles. The molecule has 2 aromatic rings. The van der Waals surface area contributed by atoms with Gasteiger partial charge in [-0.15, -0.1) is 0 Å². The van der Waals surface area contributed by atoms with E-state index in [1.807, 2.05) is 24.4 Å². The number of pyridine rings is 1. The standard InChI is InChI=1S/C17H19BrN2O/c18-15-5-3-4-14(12-15)17(7-10-21-11-8-17)13-20-16-6-1-2-9-19-16/h1-6,9,12H,7-8,10-11,13H2,(H,19,20). The molecule has 1 aromatic carbocycles. The number of hydrogen-bond acceptors (Lipinski definition) is 3. The first-order chi connectivity index (χ1) is 10.3. The Morgan fingerprint density at radius 3 is 2.71 bits per heavy atom. The molecule has 0 spiro atoms. The summed E-state index contributed by atoms with van der Waals surface area (Å²) < 4.78 is 6.70. The molecule has 1 aliphatic rings. The van der Waals surface area contributed by atoms with Crippen molar-refractivity contribution in [1.29, 1.82) is 0 Å². The van der Waals surface area contributed by atoms with Crippen LogP contribution in [0, 0.1) is 0 Å². The largest absolute Gasteiger partial charge is 0.381 e. The molecule has 0 bridgehead atoms. The molecule has 1 saturated heterocycles. The predicted molar refractivity (Wildman–Crippen MR) is 88.6 cm³/mol. The van der Waals surface area contributed by atoms with Gasteiger partial charge in [0.25, 0.3) is 0 Å². The van der Waals surface area contributed by atoms with Gasteiger partial charge in [-0.1, -0.05) is 34.1 Å². The molecular formula is C17H19BrN2O. The fourth-order valence-corrected chi connectivity index (χ4v) is 3.27. The van der Waals surface area contributed by atoms with Crippen molar-refractivity contribution in [1.82, 2.24) is 4.98 Å². The van der Waals surface area contributed by atoms with Crippen molar-refractivity contribution in [3.63, 3.8) is 0 Å². The minimum Gasteiger partial charge on any atom is -0.381 e. The van der Waals surface area contributed by atoms with Crippen LogP contribution in [0.15, 0.2) is 53.1 Å². The Bertz CT molecular complexity index is 582. The van der Waals surface area contributed by atoms with Crippen molar-refractivity contribution in [2.24, 2.45) is 0 Å². The normalized spacial score (nSPS) is 17.4. The van der Waals surface area contributed by atoms with Crippen LogP contribution in [0.2, 0.25) is 0 Å². The summed E-state index contributed by atoms with van der Waals surface area (Å²) in [5.41, 5.74) is 1.48. The summed E-state index contributed by atoms with van der Waals surface area (Å²) in [4.78, 5) is 4.35. The number of hydrogen-bond donors (Lipinski definition) is 1. The lowest BCUT2D eigenvalue weighted by Gasteiger charge is -2.38. The van der Waals surface area contributed by atoms with Gasteiger partial charge in [0.05, 0.1) is 0 Å². The first-order valence-electron chi connectivity index (χ1n) is 7.27. The van der Waals surface area contributed by atoms with Crippen LogP contribution in [0.3, 0.4) is 0 Å². The van der Waals surface area contributed by atoms with Gasteiger partial charge >= 0.3 is 0 Å². The smallest absolute Gasteiger partial charge is 0.125 e. The molecule has 1 fully saturated rings. The molecule has 0 atom stereocenters. The third kappa shape index (κ3) is 3.44. The molecule has 1 aliphatic heterocycles. The van der Waals surface area contributed by atoms with Crippen molar-refractivity contribution >= 4 is 21.7 Å². The van der Waals surface area contributed by atoms with Gasteiger partial charge in [0.15, 0.2) is 0 Å². The van der Waals surface area contributed by atoms with Crippen LogP contribution in [-0.4, -0.2) is 24.7 Å². The summed E-state index contributed by atoms with van der Waals surface area (Å²) in [7, 11) is 0. The van der Waals surface area contributed by atoms with Gasteiger partial charge < -0.3 is 10.1 Å². The fourth-order valence-electron chi connectivity index (χ4n) is 2.88. The second-order valence-electron chi connectivity index (χ2n) is 5.47. The van der Waals surface area contributed by atoms with Gasteiger partial charge in [0, 0.05) is 35.8 Å². The Balaban J connectivity index is 1.83.